The molecule has 0 amide bonds. The fourth-order valence-electron chi connectivity index (χ4n) is 2.98. The standard InChI is InChI=1S/C23H30N4O5/c1-2-3-6-25-23-19(16-24)27-20(17-26-23)18-4-5-21-22(15-18)32-14-12-30-10-8-28-7-9-29-11-13-31-21/h4-5,15,17H,2-3,6-14H2,1H3,(H,25,26). The lowest BCUT2D eigenvalue weighted by atomic mass is 10.1. The molecule has 172 valence electrons. The van der Waals surface area contributed by atoms with Crippen LogP contribution in [0.15, 0.2) is 24.4 Å². The fourth-order valence-corrected chi connectivity index (χ4v) is 2.98. The number of benzene rings is 1. The van der Waals surface area contributed by atoms with Crippen molar-refractivity contribution in [2.45, 2.75) is 19.8 Å². The Morgan fingerprint density at radius 1 is 0.938 bits per heavy atom. The van der Waals surface area contributed by atoms with E-state index < -0.39 is 0 Å². The Labute approximate surface area is 188 Å². The summed E-state index contributed by atoms with van der Waals surface area (Å²) in [6.07, 6.45) is 3.71. The Morgan fingerprint density at radius 3 is 2.25 bits per heavy atom. The van der Waals surface area contributed by atoms with Crippen LogP contribution in [0.3, 0.4) is 0 Å². The highest BCUT2D eigenvalue weighted by Gasteiger charge is 2.13. The van der Waals surface area contributed by atoms with Gasteiger partial charge in [0, 0.05) is 12.1 Å². The molecule has 1 aromatic heterocycles. The normalized spacial score (nSPS) is 15.8. The largest absolute Gasteiger partial charge is 0.487 e. The molecule has 0 saturated carbocycles. The van der Waals surface area contributed by atoms with E-state index in [1.54, 1.807) is 6.20 Å². The second-order valence-corrected chi connectivity index (χ2v) is 7.04. The van der Waals surface area contributed by atoms with Gasteiger partial charge in [0.25, 0.3) is 0 Å². The van der Waals surface area contributed by atoms with E-state index in [0.717, 1.165) is 24.9 Å². The molecule has 0 radical (unpaired) electrons. The monoisotopic (exact) mass is 442 g/mol. The van der Waals surface area contributed by atoms with E-state index >= 15 is 0 Å². The van der Waals surface area contributed by atoms with E-state index in [4.69, 9.17) is 23.7 Å². The molecule has 3 rings (SSSR count). The van der Waals surface area contributed by atoms with Gasteiger partial charge in [-0.05, 0) is 24.6 Å². The number of unbranched alkanes of at least 4 members (excludes halogenated alkanes) is 1. The van der Waals surface area contributed by atoms with Crippen LogP contribution < -0.4 is 14.8 Å². The lowest BCUT2D eigenvalue weighted by Gasteiger charge is -2.14. The van der Waals surface area contributed by atoms with E-state index in [2.05, 4.69) is 28.3 Å². The zero-order valence-corrected chi connectivity index (χ0v) is 18.5. The maximum Gasteiger partial charge on any atom is 0.183 e. The quantitative estimate of drug-likeness (QED) is 0.699. The number of rotatable bonds is 5. The molecule has 0 unspecified atom stereocenters. The number of nitrogens with zero attached hydrogens (tertiary/aromatic N) is 3. The van der Waals surface area contributed by atoms with Crippen molar-refractivity contribution in [1.29, 1.82) is 5.26 Å². The maximum atomic E-state index is 9.51. The molecule has 0 spiro atoms. The minimum Gasteiger partial charge on any atom is -0.487 e. The van der Waals surface area contributed by atoms with E-state index in [1.165, 1.54) is 0 Å². The van der Waals surface area contributed by atoms with Gasteiger partial charge in [-0.25, -0.2) is 9.97 Å². The number of nitrogens with one attached hydrogen (secondary N) is 1. The van der Waals surface area contributed by atoms with Crippen molar-refractivity contribution in [2.75, 3.05) is 64.7 Å². The average Bonchev–Trinajstić information content (AvgIpc) is 2.83. The molecule has 1 aliphatic heterocycles. The van der Waals surface area contributed by atoms with Crippen molar-refractivity contribution in [3.8, 4) is 28.8 Å². The summed E-state index contributed by atoms with van der Waals surface area (Å²) < 4.78 is 28.2. The van der Waals surface area contributed by atoms with Crippen LogP contribution in [0.4, 0.5) is 5.82 Å². The molecule has 0 bridgehead atoms. The first-order valence-corrected chi connectivity index (χ1v) is 11.0. The summed E-state index contributed by atoms with van der Waals surface area (Å²) in [4.78, 5) is 8.89. The summed E-state index contributed by atoms with van der Waals surface area (Å²) in [6, 6.07) is 7.66. The van der Waals surface area contributed by atoms with Gasteiger partial charge in [-0.1, -0.05) is 13.3 Å². The summed E-state index contributed by atoms with van der Waals surface area (Å²) in [6.45, 7) is 6.55. The van der Waals surface area contributed by atoms with E-state index in [1.807, 2.05) is 18.2 Å². The van der Waals surface area contributed by atoms with Crippen LogP contribution in [0.1, 0.15) is 25.5 Å². The number of ether oxygens (including phenoxy) is 5. The van der Waals surface area contributed by atoms with Crippen molar-refractivity contribution >= 4 is 5.82 Å². The van der Waals surface area contributed by atoms with Gasteiger partial charge < -0.3 is 29.0 Å². The van der Waals surface area contributed by atoms with Crippen molar-refractivity contribution in [3.63, 3.8) is 0 Å². The highest BCUT2D eigenvalue weighted by Crippen LogP contribution is 2.32. The van der Waals surface area contributed by atoms with Crippen molar-refractivity contribution < 1.29 is 23.7 Å². The van der Waals surface area contributed by atoms with Gasteiger partial charge in [0.1, 0.15) is 19.3 Å². The topological polar surface area (TPSA) is 108 Å². The second-order valence-electron chi connectivity index (χ2n) is 7.04. The molecule has 32 heavy (non-hydrogen) atoms. The molecular formula is C23H30N4O5. The van der Waals surface area contributed by atoms with E-state index in [-0.39, 0.29) is 5.69 Å². The van der Waals surface area contributed by atoms with Crippen LogP contribution in [0.5, 0.6) is 11.5 Å². The van der Waals surface area contributed by atoms with Gasteiger partial charge in [-0.3, -0.25) is 0 Å². The number of fused-ring (bicyclic) bond motifs is 1. The first-order chi connectivity index (χ1) is 15.8. The predicted molar refractivity (Wildman–Crippen MR) is 119 cm³/mol. The smallest absolute Gasteiger partial charge is 0.183 e. The van der Waals surface area contributed by atoms with Crippen molar-refractivity contribution in [1.82, 2.24) is 9.97 Å². The number of nitriles is 1. The molecule has 2 aromatic rings. The number of hydrogen-bond donors (Lipinski definition) is 1. The Hall–Kier alpha value is -2.93. The third-order valence-corrected chi connectivity index (χ3v) is 4.66. The van der Waals surface area contributed by atoms with Gasteiger partial charge in [-0.2, -0.15) is 5.26 Å². The minimum atomic E-state index is 0.264. The summed E-state index contributed by atoms with van der Waals surface area (Å²) in [7, 11) is 0. The first-order valence-electron chi connectivity index (χ1n) is 11.0. The van der Waals surface area contributed by atoms with Crippen molar-refractivity contribution in [2.24, 2.45) is 0 Å². The summed E-state index contributed by atoms with van der Waals surface area (Å²) in [5, 5.41) is 12.7. The van der Waals surface area contributed by atoms with Crippen LogP contribution in [-0.2, 0) is 14.2 Å². The van der Waals surface area contributed by atoms with Crippen LogP contribution in [0, 0.1) is 11.3 Å². The molecule has 0 saturated heterocycles. The maximum absolute atomic E-state index is 9.51. The van der Waals surface area contributed by atoms with Crippen LogP contribution >= 0.6 is 0 Å². The lowest BCUT2D eigenvalue weighted by molar-refractivity contribution is 0.00708. The highest BCUT2D eigenvalue weighted by atomic mass is 16.6. The lowest BCUT2D eigenvalue weighted by Crippen LogP contribution is -2.13. The molecule has 1 aromatic carbocycles. The van der Waals surface area contributed by atoms with Crippen molar-refractivity contribution in [3.05, 3.63) is 30.1 Å². The molecule has 0 fully saturated rings. The van der Waals surface area contributed by atoms with Gasteiger partial charge in [0.05, 0.1) is 51.5 Å². The number of hydrogen-bond acceptors (Lipinski definition) is 9. The molecule has 9 nitrogen and oxygen atoms in total. The summed E-state index contributed by atoms with van der Waals surface area (Å²) >= 11 is 0. The second kappa shape index (κ2) is 13.5. The minimum absolute atomic E-state index is 0.264. The van der Waals surface area contributed by atoms with Crippen LogP contribution in [-0.4, -0.2) is 69.4 Å². The van der Waals surface area contributed by atoms with Gasteiger partial charge in [0.15, 0.2) is 23.0 Å². The summed E-state index contributed by atoms with van der Waals surface area (Å²) in [5.41, 5.74) is 1.63. The third-order valence-electron chi connectivity index (χ3n) is 4.66. The molecule has 2 heterocycles. The van der Waals surface area contributed by atoms with Crippen LogP contribution in [0.2, 0.25) is 0 Å². The predicted octanol–water partition coefficient (Wildman–Crippen LogP) is 3.05. The first kappa shape index (κ1) is 23.7. The Morgan fingerprint density at radius 2 is 1.59 bits per heavy atom. The summed E-state index contributed by atoms with van der Waals surface area (Å²) in [5.74, 6) is 1.68. The SMILES string of the molecule is CCCCNc1ncc(-c2ccc3c(c2)OCCOCCOCCOCCO3)nc1C#N. The average molecular weight is 443 g/mol. The third kappa shape index (κ3) is 7.34. The van der Waals surface area contributed by atoms with Gasteiger partial charge in [-0.15, -0.1) is 0 Å². The number of anilines is 1. The van der Waals surface area contributed by atoms with E-state index in [9.17, 15) is 5.26 Å². The molecule has 9 heteroatoms. The molecule has 0 atom stereocenters. The Balaban J connectivity index is 1.76. The molecule has 1 aliphatic rings. The highest BCUT2D eigenvalue weighted by molar-refractivity contribution is 5.65. The zero-order chi connectivity index (χ0) is 22.4. The van der Waals surface area contributed by atoms with Gasteiger partial charge >= 0.3 is 0 Å². The molecule has 1 N–H and O–H groups in total. The Bertz CT molecular complexity index is 887. The molecule has 0 aliphatic carbocycles. The van der Waals surface area contributed by atoms with Gasteiger partial charge in [0.2, 0.25) is 0 Å². The zero-order valence-electron chi connectivity index (χ0n) is 18.5. The van der Waals surface area contributed by atoms with Crippen LogP contribution in [0.25, 0.3) is 11.3 Å². The fraction of sp³-hybridized carbons (Fsp3) is 0.522. The Kier molecular flexibility index (Phi) is 9.99. The molecular weight excluding hydrogens is 412 g/mol. The van der Waals surface area contributed by atoms with E-state index in [0.29, 0.717) is 75.9 Å². The number of aromatic nitrogens is 2.